The lowest BCUT2D eigenvalue weighted by atomic mass is 10.2. The van der Waals surface area contributed by atoms with Crippen LogP contribution in [0.15, 0.2) is 0 Å². The highest BCUT2D eigenvalue weighted by molar-refractivity contribution is 4.75. The summed E-state index contributed by atoms with van der Waals surface area (Å²) in [6.07, 6.45) is 1.08. The molecule has 12 heavy (non-hydrogen) atoms. The van der Waals surface area contributed by atoms with Crippen molar-refractivity contribution in [1.29, 1.82) is 0 Å². The maximum absolute atomic E-state index is 9.49. The van der Waals surface area contributed by atoms with Crippen LogP contribution in [-0.2, 0) is 0 Å². The van der Waals surface area contributed by atoms with Gasteiger partial charge >= 0.3 is 0 Å². The molecule has 0 amide bonds. The Bertz CT molecular complexity index is 130. The number of rotatable bonds is 4. The monoisotopic (exact) mass is 172 g/mol. The molecule has 0 bridgehead atoms. The average Bonchev–Trinajstić information content (AvgIpc) is 2.36. The van der Waals surface area contributed by atoms with E-state index in [2.05, 4.69) is 17.1 Å². The first kappa shape index (κ1) is 9.96. The number of nitrogens with one attached hydrogen (secondary N) is 1. The summed E-state index contributed by atoms with van der Waals surface area (Å²) >= 11 is 0. The summed E-state index contributed by atoms with van der Waals surface area (Å²) in [6, 6.07) is 0. The van der Waals surface area contributed by atoms with Gasteiger partial charge in [-0.2, -0.15) is 0 Å². The minimum atomic E-state index is -0.208. The summed E-state index contributed by atoms with van der Waals surface area (Å²) in [5.41, 5.74) is 0. The molecule has 0 aromatic carbocycles. The van der Waals surface area contributed by atoms with Crippen molar-refractivity contribution in [1.82, 2.24) is 10.2 Å². The van der Waals surface area contributed by atoms with Crippen molar-refractivity contribution in [3.8, 4) is 0 Å². The predicted molar refractivity (Wildman–Crippen MR) is 50.2 cm³/mol. The Morgan fingerprint density at radius 2 is 2.42 bits per heavy atom. The highest BCUT2D eigenvalue weighted by atomic mass is 16.3. The fourth-order valence-electron chi connectivity index (χ4n) is 1.79. The summed E-state index contributed by atoms with van der Waals surface area (Å²) in [6.45, 7) is 6.10. The molecule has 0 aromatic heterocycles. The molecule has 2 N–H and O–H groups in total. The number of likely N-dealkylation sites (N-methyl/N-ethyl adjacent to an activating group) is 1. The van der Waals surface area contributed by atoms with Gasteiger partial charge in [-0.05, 0) is 25.9 Å². The number of nitrogens with zero attached hydrogens (tertiary/aromatic N) is 1. The standard InChI is InChI=1S/C9H20N2O/c1-8-3-4-11(6-8)7-9(12)5-10-2/h8-10,12H,3-7H2,1-2H3. The zero-order valence-corrected chi connectivity index (χ0v) is 8.08. The molecule has 0 aromatic rings. The Morgan fingerprint density at radius 3 is 2.92 bits per heavy atom. The van der Waals surface area contributed by atoms with Crippen LogP contribution < -0.4 is 5.32 Å². The Labute approximate surface area is 74.8 Å². The maximum Gasteiger partial charge on any atom is 0.0791 e. The first-order valence-electron chi connectivity index (χ1n) is 4.77. The number of hydrogen-bond acceptors (Lipinski definition) is 3. The van der Waals surface area contributed by atoms with Crippen LogP contribution in [0.2, 0.25) is 0 Å². The van der Waals surface area contributed by atoms with E-state index < -0.39 is 0 Å². The maximum atomic E-state index is 9.49. The molecular weight excluding hydrogens is 152 g/mol. The Hall–Kier alpha value is -0.120. The highest BCUT2D eigenvalue weighted by Crippen LogP contribution is 2.14. The van der Waals surface area contributed by atoms with Gasteiger partial charge in [-0.25, -0.2) is 0 Å². The zero-order valence-electron chi connectivity index (χ0n) is 8.08. The van der Waals surface area contributed by atoms with Crippen LogP contribution in [0.5, 0.6) is 0 Å². The Kier molecular flexibility index (Phi) is 3.98. The van der Waals surface area contributed by atoms with Gasteiger partial charge in [0.2, 0.25) is 0 Å². The summed E-state index contributed by atoms with van der Waals surface area (Å²) in [5.74, 6) is 0.812. The molecule has 3 heteroatoms. The first-order valence-corrected chi connectivity index (χ1v) is 4.77. The lowest BCUT2D eigenvalue weighted by Gasteiger charge is -2.19. The number of β-amino-alcohol motifs (C(OH)–C–C–N with tert-alkyl or cyclic N) is 1. The van der Waals surface area contributed by atoms with Crippen molar-refractivity contribution >= 4 is 0 Å². The molecule has 2 unspecified atom stereocenters. The number of likely N-dealkylation sites (tertiary alicyclic amines) is 1. The largest absolute Gasteiger partial charge is 0.390 e. The van der Waals surface area contributed by atoms with E-state index in [9.17, 15) is 5.11 Å². The van der Waals surface area contributed by atoms with E-state index >= 15 is 0 Å². The first-order chi connectivity index (χ1) is 5.72. The molecule has 1 aliphatic heterocycles. The molecular formula is C9H20N2O. The molecule has 72 valence electrons. The van der Waals surface area contributed by atoms with Gasteiger partial charge in [-0.1, -0.05) is 6.92 Å². The molecule has 1 fully saturated rings. The summed E-state index contributed by atoms with van der Waals surface area (Å²) in [4.78, 5) is 2.34. The van der Waals surface area contributed by atoms with Gasteiger partial charge in [0.1, 0.15) is 0 Å². The second kappa shape index (κ2) is 4.80. The van der Waals surface area contributed by atoms with Crippen molar-refractivity contribution in [2.24, 2.45) is 5.92 Å². The van der Waals surface area contributed by atoms with E-state index in [1.54, 1.807) is 0 Å². The van der Waals surface area contributed by atoms with Crippen molar-refractivity contribution in [2.75, 3.05) is 33.2 Å². The van der Waals surface area contributed by atoms with E-state index in [1.807, 2.05) is 7.05 Å². The third-order valence-electron chi connectivity index (χ3n) is 2.42. The highest BCUT2D eigenvalue weighted by Gasteiger charge is 2.20. The summed E-state index contributed by atoms with van der Waals surface area (Å²) in [5, 5.41) is 12.5. The molecule has 0 saturated carbocycles. The quantitative estimate of drug-likeness (QED) is 0.622. The Morgan fingerprint density at radius 1 is 1.67 bits per heavy atom. The SMILES string of the molecule is CNCC(O)CN1CCC(C)C1. The van der Waals surface area contributed by atoms with E-state index in [0.29, 0.717) is 6.54 Å². The third-order valence-corrected chi connectivity index (χ3v) is 2.42. The molecule has 1 rings (SSSR count). The van der Waals surface area contributed by atoms with E-state index in [4.69, 9.17) is 0 Å². The van der Waals surface area contributed by atoms with E-state index in [1.165, 1.54) is 6.42 Å². The van der Waals surface area contributed by atoms with Crippen LogP contribution in [0.25, 0.3) is 0 Å². The lowest BCUT2D eigenvalue weighted by Crippen LogP contribution is -2.36. The van der Waals surface area contributed by atoms with Crippen LogP contribution in [0.3, 0.4) is 0 Å². The topological polar surface area (TPSA) is 35.5 Å². The molecule has 0 aliphatic carbocycles. The molecule has 0 spiro atoms. The fraction of sp³-hybridized carbons (Fsp3) is 1.00. The zero-order chi connectivity index (χ0) is 8.97. The van der Waals surface area contributed by atoms with Crippen molar-refractivity contribution < 1.29 is 5.11 Å². The van der Waals surface area contributed by atoms with Crippen LogP contribution in [-0.4, -0.2) is 49.3 Å². The van der Waals surface area contributed by atoms with E-state index in [-0.39, 0.29) is 6.10 Å². The Balaban J connectivity index is 2.14. The van der Waals surface area contributed by atoms with Crippen LogP contribution in [0, 0.1) is 5.92 Å². The smallest absolute Gasteiger partial charge is 0.0791 e. The van der Waals surface area contributed by atoms with Crippen molar-refractivity contribution in [2.45, 2.75) is 19.4 Å². The molecule has 1 saturated heterocycles. The molecule has 1 aliphatic rings. The van der Waals surface area contributed by atoms with Crippen LogP contribution >= 0.6 is 0 Å². The van der Waals surface area contributed by atoms with Gasteiger partial charge in [-0.3, -0.25) is 0 Å². The minimum absolute atomic E-state index is 0.208. The number of hydrogen-bond donors (Lipinski definition) is 2. The van der Waals surface area contributed by atoms with Gasteiger partial charge in [0.25, 0.3) is 0 Å². The second-order valence-electron chi connectivity index (χ2n) is 3.86. The molecule has 0 radical (unpaired) electrons. The van der Waals surface area contributed by atoms with Gasteiger partial charge in [0.05, 0.1) is 6.10 Å². The molecule has 2 atom stereocenters. The number of aliphatic hydroxyl groups is 1. The van der Waals surface area contributed by atoms with Crippen molar-refractivity contribution in [3.63, 3.8) is 0 Å². The van der Waals surface area contributed by atoms with Crippen LogP contribution in [0.1, 0.15) is 13.3 Å². The predicted octanol–water partition coefficient (Wildman–Crippen LogP) is -0.0915. The number of aliphatic hydroxyl groups excluding tert-OH is 1. The van der Waals surface area contributed by atoms with Gasteiger partial charge in [-0.15, -0.1) is 0 Å². The van der Waals surface area contributed by atoms with Gasteiger partial charge < -0.3 is 15.3 Å². The summed E-state index contributed by atoms with van der Waals surface area (Å²) in [7, 11) is 1.87. The second-order valence-corrected chi connectivity index (χ2v) is 3.86. The lowest BCUT2D eigenvalue weighted by molar-refractivity contribution is 0.124. The van der Waals surface area contributed by atoms with Crippen LogP contribution in [0.4, 0.5) is 0 Å². The fourth-order valence-corrected chi connectivity index (χ4v) is 1.79. The molecule has 1 heterocycles. The van der Waals surface area contributed by atoms with E-state index in [0.717, 1.165) is 25.6 Å². The third kappa shape index (κ3) is 3.09. The van der Waals surface area contributed by atoms with Crippen molar-refractivity contribution in [3.05, 3.63) is 0 Å². The molecule has 3 nitrogen and oxygen atoms in total. The normalized spacial score (nSPS) is 27.8. The van der Waals surface area contributed by atoms with Gasteiger partial charge in [0.15, 0.2) is 0 Å². The minimum Gasteiger partial charge on any atom is -0.390 e. The summed E-state index contributed by atoms with van der Waals surface area (Å²) < 4.78 is 0. The van der Waals surface area contributed by atoms with Gasteiger partial charge in [0, 0.05) is 19.6 Å². The average molecular weight is 172 g/mol.